The van der Waals surface area contributed by atoms with Crippen molar-refractivity contribution in [1.29, 1.82) is 0 Å². The van der Waals surface area contributed by atoms with Gasteiger partial charge in [-0.3, -0.25) is 4.98 Å². The summed E-state index contributed by atoms with van der Waals surface area (Å²) in [6.45, 7) is 5.15. The minimum Gasteiger partial charge on any atom is -0.369 e. The number of likely N-dealkylation sites (tertiary alicyclic amines) is 1. The molecule has 2 heterocycles. The summed E-state index contributed by atoms with van der Waals surface area (Å²) in [5.74, 6) is 1.79. The Labute approximate surface area is 109 Å². The molecule has 5 heteroatoms. The molecular weight excluding hydrogens is 226 g/mol. The summed E-state index contributed by atoms with van der Waals surface area (Å²) in [6, 6.07) is 0.639. The van der Waals surface area contributed by atoms with Crippen molar-refractivity contribution in [2.75, 3.05) is 43.9 Å². The van der Waals surface area contributed by atoms with Gasteiger partial charge in [0.25, 0.3) is 0 Å². The van der Waals surface area contributed by atoms with E-state index in [0.717, 1.165) is 24.7 Å². The Balaban J connectivity index is 1.99. The zero-order valence-electron chi connectivity index (χ0n) is 11.6. The lowest BCUT2D eigenvalue weighted by atomic mass is 10.2. The number of anilines is 2. The SMILES string of the molecule is CCNc1cncc(N(C)CC2CCCN2C)n1. The van der Waals surface area contributed by atoms with E-state index in [0.29, 0.717) is 6.04 Å². The van der Waals surface area contributed by atoms with Crippen molar-refractivity contribution in [2.24, 2.45) is 0 Å². The summed E-state index contributed by atoms with van der Waals surface area (Å²) < 4.78 is 0. The van der Waals surface area contributed by atoms with Gasteiger partial charge in [-0.15, -0.1) is 0 Å². The number of nitrogens with zero attached hydrogens (tertiary/aromatic N) is 4. The molecule has 0 aliphatic carbocycles. The maximum Gasteiger partial charge on any atom is 0.149 e. The summed E-state index contributed by atoms with van der Waals surface area (Å²) in [7, 11) is 4.29. The summed E-state index contributed by atoms with van der Waals surface area (Å²) >= 11 is 0. The lowest BCUT2D eigenvalue weighted by Gasteiger charge is -2.26. The highest BCUT2D eigenvalue weighted by Crippen LogP contribution is 2.18. The Hall–Kier alpha value is -1.36. The van der Waals surface area contributed by atoms with Crippen LogP contribution in [0, 0.1) is 0 Å². The van der Waals surface area contributed by atoms with E-state index < -0.39 is 0 Å². The first-order chi connectivity index (χ1) is 8.70. The normalized spacial score (nSPS) is 20.1. The van der Waals surface area contributed by atoms with E-state index in [9.17, 15) is 0 Å². The summed E-state index contributed by atoms with van der Waals surface area (Å²) in [5.41, 5.74) is 0. The number of hydrogen-bond acceptors (Lipinski definition) is 5. The van der Waals surface area contributed by atoms with Crippen molar-refractivity contribution in [3.05, 3.63) is 12.4 Å². The van der Waals surface area contributed by atoms with E-state index in [-0.39, 0.29) is 0 Å². The van der Waals surface area contributed by atoms with Gasteiger partial charge < -0.3 is 15.1 Å². The van der Waals surface area contributed by atoms with Crippen LogP contribution in [0.3, 0.4) is 0 Å². The molecule has 1 fully saturated rings. The Morgan fingerprint density at radius 3 is 3.00 bits per heavy atom. The molecule has 0 aromatic carbocycles. The molecular formula is C13H23N5. The third kappa shape index (κ3) is 3.10. The minimum absolute atomic E-state index is 0.639. The highest BCUT2D eigenvalue weighted by molar-refractivity contribution is 5.43. The highest BCUT2D eigenvalue weighted by atomic mass is 15.2. The summed E-state index contributed by atoms with van der Waals surface area (Å²) in [4.78, 5) is 13.4. The third-order valence-corrected chi connectivity index (χ3v) is 3.53. The van der Waals surface area contributed by atoms with Gasteiger partial charge in [0, 0.05) is 26.2 Å². The average Bonchev–Trinajstić information content (AvgIpc) is 2.76. The second-order valence-electron chi connectivity index (χ2n) is 4.95. The minimum atomic E-state index is 0.639. The van der Waals surface area contributed by atoms with Gasteiger partial charge in [-0.25, -0.2) is 4.98 Å². The van der Waals surface area contributed by atoms with E-state index in [1.54, 1.807) is 6.20 Å². The van der Waals surface area contributed by atoms with E-state index in [1.165, 1.54) is 19.4 Å². The molecule has 0 radical (unpaired) electrons. The van der Waals surface area contributed by atoms with Crippen molar-refractivity contribution in [2.45, 2.75) is 25.8 Å². The number of rotatable bonds is 5. The number of hydrogen-bond donors (Lipinski definition) is 1. The van der Waals surface area contributed by atoms with Gasteiger partial charge in [-0.05, 0) is 33.4 Å². The molecule has 18 heavy (non-hydrogen) atoms. The average molecular weight is 249 g/mol. The first-order valence-corrected chi connectivity index (χ1v) is 6.68. The van der Waals surface area contributed by atoms with E-state index >= 15 is 0 Å². The second kappa shape index (κ2) is 6.00. The third-order valence-electron chi connectivity index (χ3n) is 3.53. The predicted octanol–water partition coefficient (Wildman–Crippen LogP) is 1.44. The quantitative estimate of drug-likeness (QED) is 0.855. The fraction of sp³-hybridized carbons (Fsp3) is 0.692. The van der Waals surface area contributed by atoms with Crippen molar-refractivity contribution >= 4 is 11.6 Å². The maximum atomic E-state index is 4.56. The summed E-state index contributed by atoms with van der Waals surface area (Å²) in [5, 5.41) is 3.19. The molecule has 1 atom stereocenters. The molecule has 100 valence electrons. The monoisotopic (exact) mass is 249 g/mol. The van der Waals surface area contributed by atoms with Gasteiger partial charge in [0.1, 0.15) is 11.6 Å². The topological polar surface area (TPSA) is 44.3 Å². The molecule has 0 spiro atoms. The molecule has 1 unspecified atom stereocenters. The van der Waals surface area contributed by atoms with Crippen LogP contribution in [-0.2, 0) is 0 Å². The van der Waals surface area contributed by atoms with Gasteiger partial charge in [0.05, 0.1) is 12.4 Å². The van der Waals surface area contributed by atoms with Gasteiger partial charge in [-0.2, -0.15) is 0 Å². The molecule has 0 amide bonds. The van der Waals surface area contributed by atoms with E-state index in [1.807, 2.05) is 6.20 Å². The van der Waals surface area contributed by atoms with E-state index in [4.69, 9.17) is 0 Å². The number of nitrogens with one attached hydrogen (secondary N) is 1. The Bertz CT molecular complexity index is 381. The lowest BCUT2D eigenvalue weighted by Crippen LogP contribution is -2.37. The summed E-state index contributed by atoms with van der Waals surface area (Å²) in [6.07, 6.45) is 6.18. The van der Waals surface area contributed by atoms with Gasteiger partial charge in [0.15, 0.2) is 0 Å². The molecule has 1 saturated heterocycles. The van der Waals surface area contributed by atoms with Gasteiger partial charge >= 0.3 is 0 Å². The van der Waals surface area contributed by atoms with Crippen LogP contribution in [0.5, 0.6) is 0 Å². The van der Waals surface area contributed by atoms with E-state index in [2.05, 4.69) is 46.1 Å². The zero-order chi connectivity index (χ0) is 13.0. The Kier molecular flexibility index (Phi) is 4.36. The van der Waals surface area contributed by atoms with Crippen molar-refractivity contribution in [3.63, 3.8) is 0 Å². The van der Waals surface area contributed by atoms with Crippen LogP contribution in [0.15, 0.2) is 12.4 Å². The van der Waals surface area contributed by atoms with Crippen LogP contribution in [0.1, 0.15) is 19.8 Å². The first kappa shape index (κ1) is 13.1. The van der Waals surface area contributed by atoms with Crippen LogP contribution >= 0.6 is 0 Å². The molecule has 0 saturated carbocycles. The van der Waals surface area contributed by atoms with Crippen LogP contribution in [0.25, 0.3) is 0 Å². The molecule has 5 nitrogen and oxygen atoms in total. The molecule has 1 aliphatic rings. The molecule has 1 aromatic rings. The number of likely N-dealkylation sites (N-methyl/N-ethyl adjacent to an activating group) is 2. The largest absolute Gasteiger partial charge is 0.369 e. The van der Waals surface area contributed by atoms with Gasteiger partial charge in [0.2, 0.25) is 0 Å². The molecule has 1 aromatic heterocycles. The molecule has 0 bridgehead atoms. The van der Waals surface area contributed by atoms with Crippen LogP contribution in [0.4, 0.5) is 11.6 Å². The van der Waals surface area contributed by atoms with Gasteiger partial charge in [-0.1, -0.05) is 0 Å². The molecule has 1 aliphatic heterocycles. The maximum absolute atomic E-state index is 4.56. The van der Waals surface area contributed by atoms with Crippen LogP contribution in [0.2, 0.25) is 0 Å². The smallest absolute Gasteiger partial charge is 0.149 e. The fourth-order valence-corrected chi connectivity index (χ4v) is 2.43. The Morgan fingerprint density at radius 2 is 2.33 bits per heavy atom. The molecule has 1 N–H and O–H groups in total. The second-order valence-corrected chi connectivity index (χ2v) is 4.95. The lowest BCUT2D eigenvalue weighted by molar-refractivity contribution is 0.314. The standard InChI is InChI=1S/C13H23N5/c1-4-15-12-8-14-9-13(16-12)18(3)10-11-6-5-7-17(11)2/h8-9,11H,4-7,10H2,1-3H3,(H,15,16). The predicted molar refractivity (Wildman–Crippen MR) is 75.1 cm³/mol. The van der Waals surface area contributed by atoms with Crippen molar-refractivity contribution in [3.8, 4) is 0 Å². The first-order valence-electron chi connectivity index (χ1n) is 6.68. The fourth-order valence-electron chi connectivity index (χ4n) is 2.43. The number of aromatic nitrogens is 2. The molecule has 2 rings (SSSR count). The highest BCUT2D eigenvalue weighted by Gasteiger charge is 2.22. The Morgan fingerprint density at radius 1 is 1.50 bits per heavy atom. The van der Waals surface area contributed by atoms with Crippen LogP contribution < -0.4 is 10.2 Å². The van der Waals surface area contributed by atoms with Crippen molar-refractivity contribution < 1.29 is 0 Å². The van der Waals surface area contributed by atoms with Crippen molar-refractivity contribution in [1.82, 2.24) is 14.9 Å². The van der Waals surface area contributed by atoms with Crippen LogP contribution in [-0.4, -0.2) is 54.6 Å². The zero-order valence-corrected chi connectivity index (χ0v) is 11.6.